The van der Waals surface area contributed by atoms with Gasteiger partial charge in [0.25, 0.3) is 6.47 Å². The van der Waals surface area contributed by atoms with Crippen LogP contribution in [-0.2, 0) is 16.0 Å². The molecule has 1 N–H and O–H groups in total. The molecular weight excluding hydrogens is 166 g/mol. The van der Waals surface area contributed by atoms with Crippen LogP contribution in [0.5, 0.6) is 0 Å². The van der Waals surface area contributed by atoms with E-state index >= 15 is 0 Å². The van der Waals surface area contributed by atoms with E-state index in [0.717, 1.165) is 18.5 Å². The fourth-order valence-electron chi connectivity index (χ4n) is 1.64. The average Bonchev–Trinajstić information content (AvgIpc) is 2.19. The van der Waals surface area contributed by atoms with Crippen molar-refractivity contribution < 1.29 is 9.53 Å². The zero-order chi connectivity index (χ0) is 9.10. The van der Waals surface area contributed by atoms with Crippen LogP contribution in [-0.4, -0.2) is 13.0 Å². The third-order valence-electron chi connectivity index (χ3n) is 2.25. The van der Waals surface area contributed by atoms with Crippen LogP contribution >= 0.6 is 0 Å². The van der Waals surface area contributed by atoms with Gasteiger partial charge < -0.3 is 4.74 Å². The van der Waals surface area contributed by atoms with Crippen LogP contribution in [0.4, 0.5) is 0 Å². The van der Waals surface area contributed by atoms with Gasteiger partial charge in [0, 0.05) is 12.1 Å². The molecule has 0 aromatic heterocycles. The zero-order valence-electron chi connectivity index (χ0n) is 7.19. The normalized spacial score (nSPS) is 20.5. The third kappa shape index (κ3) is 1.55. The quantitative estimate of drug-likeness (QED) is 0.685. The van der Waals surface area contributed by atoms with Gasteiger partial charge in [0.1, 0.15) is 0 Å². The second-order valence-electron chi connectivity index (χ2n) is 3.02. The Morgan fingerprint density at radius 3 is 3.15 bits per heavy atom. The molecule has 0 radical (unpaired) electrons. The molecule has 0 saturated carbocycles. The van der Waals surface area contributed by atoms with Crippen molar-refractivity contribution >= 4 is 6.47 Å². The predicted molar refractivity (Wildman–Crippen MR) is 48.0 cm³/mol. The Hall–Kier alpha value is -1.35. The highest BCUT2D eigenvalue weighted by atomic mass is 16.5. The second kappa shape index (κ2) is 3.58. The fourth-order valence-corrected chi connectivity index (χ4v) is 1.64. The first-order chi connectivity index (χ1) is 6.42. The van der Waals surface area contributed by atoms with E-state index in [2.05, 4.69) is 11.4 Å². The number of carbonyl (C=O) groups excluding carboxylic acids is 1. The van der Waals surface area contributed by atoms with Crippen molar-refractivity contribution in [2.24, 2.45) is 0 Å². The summed E-state index contributed by atoms with van der Waals surface area (Å²) in [7, 11) is 0. The van der Waals surface area contributed by atoms with Crippen molar-refractivity contribution in [1.29, 1.82) is 0 Å². The number of nitrogens with one attached hydrogen (secondary N) is 1. The van der Waals surface area contributed by atoms with E-state index in [-0.39, 0.29) is 6.23 Å². The predicted octanol–water partition coefficient (Wildman–Crippen LogP) is 1.00. The van der Waals surface area contributed by atoms with Gasteiger partial charge in [0.05, 0.1) is 0 Å². The van der Waals surface area contributed by atoms with E-state index in [4.69, 9.17) is 4.74 Å². The Balaban J connectivity index is 2.31. The van der Waals surface area contributed by atoms with Crippen LogP contribution in [0.25, 0.3) is 0 Å². The van der Waals surface area contributed by atoms with Crippen molar-refractivity contribution in [3.63, 3.8) is 0 Å². The van der Waals surface area contributed by atoms with E-state index in [1.54, 1.807) is 0 Å². The second-order valence-corrected chi connectivity index (χ2v) is 3.02. The molecule has 2 rings (SSSR count). The maximum Gasteiger partial charge on any atom is 0.294 e. The van der Waals surface area contributed by atoms with Crippen molar-refractivity contribution in [2.45, 2.75) is 12.6 Å². The smallest absolute Gasteiger partial charge is 0.294 e. The summed E-state index contributed by atoms with van der Waals surface area (Å²) in [6.07, 6.45) is 0.733. The number of fused-ring (bicyclic) bond motifs is 1. The number of hydrogen-bond acceptors (Lipinski definition) is 3. The molecule has 0 bridgehead atoms. The molecule has 1 atom stereocenters. The molecule has 1 aliphatic heterocycles. The van der Waals surface area contributed by atoms with Gasteiger partial charge in [-0.25, -0.2) is 0 Å². The van der Waals surface area contributed by atoms with Gasteiger partial charge in [-0.1, -0.05) is 24.3 Å². The standard InChI is InChI=1S/C10H11NO2/c12-7-13-10-9-4-2-1-3-8(9)5-6-11-10/h1-4,7,10-11H,5-6H2. The summed E-state index contributed by atoms with van der Waals surface area (Å²) in [5.41, 5.74) is 2.33. The summed E-state index contributed by atoms with van der Waals surface area (Å²) in [6.45, 7) is 1.34. The van der Waals surface area contributed by atoms with E-state index in [0.29, 0.717) is 6.47 Å². The monoisotopic (exact) mass is 177 g/mol. The Kier molecular flexibility index (Phi) is 2.27. The van der Waals surface area contributed by atoms with E-state index < -0.39 is 0 Å². The Bertz CT molecular complexity index is 312. The summed E-state index contributed by atoms with van der Waals surface area (Å²) in [5.74, 6) is 0. The van der Waals surface area contributed by atoms with Gasteiger partial charge >= 0.3 is 0 Å². The van der Waals surface area contributed by atoms with Gasteiger partial charge in [-0.15, -0.1) is 0 Å². The SMILES string of the molecule is O=COC1NCCc2ccccc21. The summed E-state index contributed by atoms with van der Waals surface area (Å²) < 4.78 is 4.92. The molecule has 1 aromatic rings. The zero-order valence-corrected chi connectivity index (χ0v) is 7.19. The van der Waals surface area contributed by atoms with Crippen molar-refractivity contribution in [1.82, 2.24) is 5.32 Å². The Morgan fingerprint density at radius 1 is 1.46 bits per heavy atom. The van der Waals surface area contributed by atoms with E-state index in [1.807, 2.05) is 18.2 Å². The minimum atomic E-state index is -0.262. The number of ether oxygens (including phenoxy) is 1. The molecule has 0 aliphatic carbocycles. The number of hydrogen-bond donors (Lipinski definition) is 1. The van der Waals surface area contributed by atoms with Crippen LogP contribution in [0.15, 0.2) is 24.3 Å². The van der Waals surface area contributed by atoms with Crippen molar-refractivity contribution in [3.05, 3.63) is 35.4 Å². The van der Waals surface area contributed by atoms with Crippen LogP contribution < -0.4 is 5.32 Å². The topological polar surface area (TPSA) is 38.3 Å². The number of rotatable bonds is 2. The first-order valence-corrected chi connectivity index (χ1v) is 4.32. The van der Waals surface area contributed by atoms with Crippen LogP contribution in [0.3, 0.4) is 0 Å². The Morgan fingerprint density at radius 2 is 2.31 bits per heavy atom. The molecule has 1 unspecified atom stereocenters. The van der Waals surface area contributed by atoms with E-state index in [1.165, 1.54) is 5.56 Å². The molecular formula is C10H11NO2. The lowest BCUT2D eigenvalue weighted by Crippen LogP contribution is -2.31. The highest BCUT2D eigenvalue weighted by molar-refractivity contribution is 5.40. The molecule has 3 nitrogen and oxygen atoms in total. The summed E-state index contributed by atoms with van der Waals surface area (Å²) in [4.78, 5) is 10.2. The largest absolute Gasteiger partial charge is 0.444 e. The maximum atomic E-state index is 10.2. The molecule has 0 amide bonds. The van der Waals surface area contributed by atoms with Crippen molar-refractivity contribution in [3.8, 4) is 0 Å². The van der Waals surface area contributed by atoms with Crippen LogP contribution in [0.1, 0.15) is 17.4 Å². The van der Waals surface area contributed by atoms with Gasteiger partial charge in [0.15, 0.2) is 6.23 Å². The summed E-state index contributed by atoms with van der Waals surface area (Å²) in [5, 5.41) is 3.12. The van der Waals surface area contributed by atoms with Gasteiger partial charge in [-0.3, -0.25) is 10.1 Å². The fraction of sp³-hybridized carbons (Fsp3) is 0.300. The number of carbonyl (C=O) groups is 1. The Labute approximate surface area is 76.7 Å². The molecule has 0 saturated heterocycles. The van der Waals surface area contributed by atoms with Gasteiger partial charge in [-0.05, 0) is 12.0 Å². The summed E-state index contributed by atoms with van der Waals surface area (Å²) >= 11 is 0. The van der Waals surface area contributed by atoms with Gasteiger partial charge in [-0.2, -0.15) is 0 Å². The third-order valence-corrected chi connectivity index (χ3v) is 2.25. The van der Waals surface area contributed by atoms with Crippen LogP contribution in [0, 0.1) is 0 Å². The molecule has 13 heavy (non-hydrogen) atoms. The van der Waals surface area contributed by atoms with E-state index in [9.17, 15) is 4.79 Å². The summed E-state index contributed by atoms with van der Waals surface area (Å²) in [6, 6.07) is 8.00. The lowest BCUT2D eigenvalue weighted by Gasteiger charge is -2.24. The molecule has 1 heterocycles. The van der Waals surface area contributed by atoms with Crippen molar-refractivity contribution in [2.75, 3.05) is 6.54 Å². The molecule has 0 spiro atoms. The average molecular weight is 177 g/mol. The highest BCUT2D eigenvalue weighted by Crippen LogP contribution is 2.22. The maximum absolute atomic E-state index is 10.2. The minimum Gasteiger partial charge on any atom is -0.444 e. The number of benzene rings is 1. The minimum absolute atomic E-state index is 0.262. The molecule has 1 aliphatic rings. The first kappa shape index (κ1) is 8.26. The molecule has 68 valence electrons. The molecule has 1 aromatic carbocycles. The lowest BCUT2D eigenvalue weighted by atomic mass is 10.00. The molecule has 0 fully saturated rings. The lowest BCUT2D eigenvalue weighted by molar-refractivity contribution is -0.135. The van der Waals surface area contributed by atoms with Gasteiger partial charge in [0.2, 0.25) is 0 Å². The van der Waals surface area contributed by atoms with Crippen LogP contribution in [0.2, 0.25) is 0 Å². The highest BCUT2D eigenvalue weighted by Gasteiger charge is 2.19. The first-order valence-electron chi connectivity index (χ1n) is 4.32. The molecule has 3 heteroatoms.